The third-order valence-corrected chi connectivity index (χ3v) is 3.83. The number of nitrogens with two attached hydrogens (primary N) is 1. The lowest BCUT2D eigenvalue weighted by Gasteiger charge is -2.40. The number of hydrogen-bond donors (Lipinski definition) is 1. The van der Waals surface area contributed by atoms with Gasteiger partial charge in [-0.1, -0.05) is 0 Å². The van der Waals surface area contributed by atoms with Gasteiger partial charge in [0.15, 0.2) is 0 Å². The number of hydrogen-bond acceptors (Lipinski definition) is 5. The quantitative estimate of drug-likeness (QED) is 0.738. The maximum atomic E-state index is 11.5. The molecule has 0 bridgehead atoms. The van der Waals surface area contributed by atoms with Crippen LogP contribution in [0.25, 0.3) is 0 Å². The highest BCUT2D eigenvalue weighted by Crippen LogP contribution is 2.24. The molecule has 5 heteroatoms. The lowest BCUT2D eigenvalue weighted by molar-refractivity contribution is -0.146. The van der Waals surface area contributed by atoms with Gasteiger partial charge in [0, 0.05) is 20.2 Å². The van der Waals surface area contributed by atoms with Crippen molar-refractivity contribution < 1.29 is 14.3 Å². The Kier molecular flexibility index (Phi) is 5.13. The smallest absolute Gasteiger partial charge is 0.325 e. The average Bonchev–Trinajstić information content (AvgIpc) is 2.35. The van der Waals surface area contributed by atoms with Gasteiger partial charge in [-0.25, -0.2) is 0 Å². The van der Waals surface area contributed by atoms with Crippen LogP contribution in [0.5, 0.6) is 0 Å². The Balaban J connectivity index is 2.46. The molecule has 1 rings (SSSR count). The zero-order valence-corrected chi connectivity index (χ0v) is 12.0. The van der Waals surface area contributed by atoms with Gasteiger partial charge in [-0.05, 0) is 39.7 Å². The fraction of sp³-hybridized carbons (Fsp3) is 0.923. The molecule has 2 unspecified atom stereocenters. The highest BCUT2D eigenvalue weighted by Gasteiger charge is 2.34. The van der Waals surface area contributed by atoms with Gasteiger partial charge in [0.1, 0.15) is 5.54 Å². The van der Waals surface area contributed by atoms with Crippen LogP contribution < -0.4 is 5.73 Å². The van der Waals surface area contributed by atoms with E-state index in [0.29, 0.717) is 6.42 Å². The van der Waals surface area contributed by atoms with Crippen LogP contribution in [0.4, 0.5) is 0 Å². The van der Waals surface area contributed by atoms with Crippen molar-refractivity contribution in [1.29, 1.82) is 0 Å². The molecular weight excluding hydrogens is 232 g/mol. The molecule has 1 fully saturated rings. The van der Waals surface area contributed by atoms with Gasteiger partial charge in [0.05, 0.1) is 12.7 Å². The minimum atomic E-state index is -0.907. The van der Waals surface area contributed by atoms with Crippen LogP contribution in [-0.4, -0.2) is 55.9 Å². The Bertz CT molecular complexity index is 294. The molecule has 1 aliphatic rings. The Labute approximate surface area is 110 Å². The second-order valence-electron chi connectivity index (χ2n) is 5.69. The number of likely N-dealkylation sites (tertiary alicyclic amines) is 1. The van der Waals surface area contributed by atoms with E-state index in [1.165, 1.54) is 7.11 Å². The first-order valence-corrected chi connectivity index (χ1v) is 6.48. The zero-order valence-electron chi connectivity index (χ0n) is 12.0. The summed E-state index contributed by atoms with van der Waals surface area (Å²) >= 11 is 0. The molecular formula is C13H26N2O3. The normalized spacial score (nSPS) is 28.7. The number of nitrogens with zero attached hydrogens (tertiary/aromatic N) is 1. The van der Waals surface area contributed by atoms with Gasteiger partial charge in [-0.15, -0.1) is 0 Å². The summed E-state index contributed by atoms with van der Waals surface area (Å²) in [6, 6.07) is 0. The molecule has 2 N–H and O–H groups in total. The predicted molar refractivity (Wildman–Crippen MR) is 70.3 cm³/mol. The van der Waals surface area contributed by atoms with Crippen molar-refractivity contribution in [1.82, 2.24) is 4.90 Å². The molecule has 1 heterocycles. The van der Waals surface area contributed by atoms with E-state index in [1.54, 1.807) is 14.0 Å². The molecule has 18 heavy (non-hydrogen) atoms. The van der Waals surface area contributed by atoms with Crippen LogP contribution >= 0.6 is 0 Å². The van der Waals surface area contributed by atoms with Crippen molar-refractivity contribution in [2.45, 2.75) is 44.2 Å². The van der Waals surface area contributed by atoms with Crippen LogP contribution in [-0.2, 0) is 14.3 Å². The van der Waals surface area contributed by atoms with Crippen molar-refractivity contribution in [3.05, 3.63) is 0 Å². The second kappa shape index (κ2) is 5.99. The molecule has 0 radical (unpaired) electrons. The van der Waals surface area contributed by atoms with Crippen LogP contribution in [0.2, 0.25) is 0 Å². The van der Waals surface area contributed by atoms with Crippen molar-refractivity contribution in [2.75, 3.05) is 33.9 Å². The van der Waals surface area contributed by atoms with E-state index in [0.717, 1.165) is 32.5 Å². The van der Waals surface area contributed by atoms with E-state index in [-0.39, 0.29) is 11.6 Å². The number of rotatable bonds is 5. The average molecular weight is 258 g/mol. The molecule has 1 saturated heterocycles. The first-order chi connectivity index (χ1) is 8.33. The Morgan fingerprint density at radius 2 is 2.17 bits per heavy atom. The summed E-state index contributed by atoms with van der Waals surface area (Å²) in [5, 5.41) is 0. The molecule has 0 aromatic rings. The summed E-state index contributed by atoms with van der Waals surface area (Å²) in [5.74, 6) is -0.353. The standard InChI is InChI=1S/C13H26N2O3/c1-12(18-4)6-5-8-15(10-12)9-7-13(2,14)11(16)17-3/h5-10,14H2,1-4H3. The van der Waals surface area contributed by atoms with Gasteiger partial charge in [0.25, 0.3) is 0 Å². The van der Waals surface area contributed by atoms with Crippen LogP contribution in [0.15, 0.2) is 0 Å². The third-order valence-electron chi connectivity index (χ3n) is 3.83. The van der Waals surface area contributed by atoms with E-state index < -0.39 is 5.54 Å². The summed E-state index contributed by atoms with van der Waals surface area (Å²) in [6.07, 6.45) is 2.79. The highest BCUT2D eigenvalue weighted by molar-refractivity contribution is 5.79. The molecule has 2 atom stereocenters. The number of piperidine rings is 1. The summed E-state index contributed by atoms with van der Waals surface area (Å²) in [4.78, 5) is 13.8. The van der Waals surface area contributed by atoms with Gasteiger partial charge in [0.2, 0.25) is 0 Å². The number of esters is 1. The first-order valence-electron chi connectivity index (χ1n) is 6.48. The fourth-order valence-electron chi connectivity index (χ4n) is 2.39. The van der Waals surface area contributed by atoms with Crippen molar-refractivity contribution in [2.24, 2.45) is 5.73 Å². The van der Waals surface area contributed by atoms with Crippen LogP contribution in [0.3, 0.4) is 0 Å². The zero-order chi connectivity index (χ0) is 13.8. The van der Waals surface area contributed by atoms with Crippen molar-refractivity contribution in [3.8, 4) is 0 Å². The number of methoxy groups -OCH3 is 2. The monoisotopic (exact) mass is 258 g/mol. The molecule has 0 amide bonds. The summed E-state index contributed by atoms with van der Waals surface area (Å²) in [6.45, 7) is 6.57. The van der Waals surface area contributed by atoms with Gasteiger partial charge >= 0.3 is 5.97 Å². The van der Waals surface area contributed by atoms with E-state index in [1.807, 2.05) is 0 Å². The molecule has 1 aliphatic heterocycles. The van der Waals surface area contributed by atoms with E-state index in [9.17, 15) is 4.79 Å². The van der Waals surface area contributed by atoms with E-state index >= 15 is 0 Å². The largest absolute Gasteiger partial charge is 0.468 e. The molecule has 0 spiro atoms. The minimum absolute atomic E-state index is 0.0749. The van der Waals surface area contributed by atoms with E-state index in [4.69, 9.17) is 15.2 Å². The first kappa shape index (κ1) is 15.4. The highest BCUT2D eigenvalue weighted by atomic mass is 16.5. The maximum Gasteiger partial charge on any atom is 0.325 e. The van der Waals surface area contributed by atoms with Crippen LogP contribution in [0, 0.1) is 0 Å². The molecule has 0 aliphatic carbocycles. The second-order valence-corrected chi connectivity index (χ2v) is 5.69. The fourth-order valence-corrected chi connectivity index (χ4v) is 2.39. The lowest BCUT2D eigenvalue weighted by Crippen LogP contribution is -2.52. The number of carbonyl (C=O) groups is 1. The van der Waals surface area contributed by atoms with Gasteiger partial charge in [-0.3, -0.25) is 4.79 Å². The van der Waals surface area contributed by atoms with Crippen molar-refractivity contribution >= 4 is 5.97 Å². The molecule has 0 aromatic heterocycles. The van der Waals surface area contributed by atoms with E-state index in [2.05, 4.69) is 11.8 Å². The number of carbonyl (C=O) groups excluding carboxylic acids is 1. The van der Waals surface area contributed by atoms with Gasteiger partial charge < -0.3 is 20.1 Å². The van der Waals surface area contributed by atoms with Gasteiger partial charge in [-0.2, -0.15) is 0 Å². The SMILES string of the molecule is COC(=O)C(C)(N)CCN1CCCC(C)(OC)C1. The minimum Gasteiger partial charge on any atom is -0.468 e. The summed E-state index contributed by atoms with van der Waals surface area (Å²) in [7, 11) is 3.13. The molecule has 0 aromatic carbocycles. The Hall–Kier alpha value is -0.650. The molecule has 0 saturated carbocycles. The Morgan fingerprint density at radius 3 is 2.72 bits per heavy atom. The number of ether oxygens (including phenoxy) is 2. The Morgan fingerprint density at radius 1 is 1.50 bits per heavy atom. The lowest BCUT2D eigenvalue weighted by atomic mass is 9.93. The van der Waals surface area contributed by atoms with Crippen LogP contribution in [0.1, 0.15) is 33.1 Å². The topological polar surface area (TPSA) is 64.8 Å². The predicted octanol–water partition coefficient (Wildman–Crippen LogP) is 0.768. The molecule has 5 nitrogen and oxygen atoms in total. The third kappa shape index (κ3) is 3.93. The summed E-state index contributed by atoms with van der Waals surface area (Å²) in [5.41, 5.74) is 4.97. The maximum absolute atomic E-state index is 11.5. The molecule has 106 valence electrons. The van der Waals surface area contributed by atoms with Crippen molar-refractivity contribution in [3.63, 3.8) is 0 Å². The summed E-state index contributed by atoms with van der Waals surface area (Å²) < 4.78 is 10.3.